The monoisotopic (exact) mass is 250 g/mol. The third kappa shape index (κ3) is 4.44. The average Bonchev–Trinajstić information content (AvgIpc) is 2.34. The van der Waals surface area contributed by atoms with E-state index >= 15 is 0 Å². The molecule has 0 saturated carbocycles. The van der Waals surface area contributed by atoms with Crippen molar-refractivity contribution in [3.63, 3.8) is 0 Å². The quantitative estimate of drug-likeness (QED) is 0.813. The lowest BCUT2D eigenvalue weighted by Gasteiger charge is -2.18. The van der Waals surface area contributed by atoms with E-state index in [0.29, 0.717) is 23.6 Å². The summed E-state index contributed by atoms with van der Waals surface area (Å²) in [6.07, 6.45) is 0.841. The van der Waals surface area contributed by atoms with Crippen molar-refractivity contribution in [3.8, 4) is 6.07 Å². The first-order chi connectivity index (χ1) is 8.56. The van der Waals surface area contributed by atoms with Crippen molar-refractivity contribution in [1.29, 1.82) is 5.26 Å². The Morgan fingerprint density at radius 1 is 1.44 bits per heavy atom. The van der Waals surface area contributed by atoms with Gasteiger partial charge in [-0.15, -0.1) is 0 Å². The lowest BCUT2D eigenvalue weighted by Crippen LogP contribution is -2.33. The maximum atomic E-state index is 13.1. The zero-order valence-corrected chi connectivity index (χ0v) is 10.8. The number of rotatable bonds is 6. The Labute approximate surface area is 107 Å². The SMILES string of the molecule is CC(C)CC(CO)NCc1cc(F)ccc1C#N. The first kappa shape index (κ1) is 14.6. The zero-order chi connectivity index (χ0) is 13.5. The number of hydrogen-bond acceptors (Lipinski definition) is 3. The average molecular weight is 250 g/mol. The molecule has 0 spiro atoms. The molecule has 4 heteroatoms. The van der Waals surface area contributed by atoms with Crippen molar-refractivity contribution >= 4 is 0 Å². The first-order valence-corrected chi connectivity index (χ1v) is 6.09. The Kier molecular flexibility index (Phi) is 5.76. The summed E-state index contributed by atoms with van der Waals surface area (Å²) in [5, 5.41) is 21.3. The molecule has 0 aliphatic carbocycles. The second kappa shape index (κ2) is 7.10. The van der Waals surface area contributed by atoms with E-state index in [1.807, 2.05) is 6.07 Å². The highest BCUT2D eigenvalue weighted by molar-refractivity contribution is 5.37. The molecule has 1 aromatic rings. The third-order valence-corrected chi connectivity index (χ3v) is 2.75. The molecule has 3 nitrogen and oxygen atoms in total. The highest BCUT2D eigenvalue weighted by Gasteiger charge is 2.10. The molecule has 18 heavy (non-hydrogen) atoms. The summed E-state index contributed by atoms with van der Waals surface area (Å²) >= 11 is 0. The maximum absolute atomic E-state index is 13.1. The minimum Gasteiger partial charge on any atom is -0.395 e. The number of aliphatic hydroxyl groups excluding tert-OH is 1. The van der Waals surface area contributed by atoms with Gasteiger partial charge in [-0.25, -0.2) is 4.39 Å². The molecular formula is C14H19FN2O. The number of nitriles is 1. The van der Waals surface area contributed by atoms with Gasteiger partial charge in [0.05, 0.1) is 18.2 Å². The van der Waals surface area contributed by atoms with Gasteiger partial charge in [-0.05, 0) is 36.1 Å². The van der Waals surface area contributed by atoms with Crippen LogP contribution in [-0.2, 0) is 6.54 Å². The third-order valence-electron chi connectivity index (χ3n) is 2.75. The molecule has 2 N–H and O–H groups in total. The van der Waals surface area contributed by atoms with Crippen LogP contribution in [0.3, 0.4) is 0 Å². The minimum absolute atomic E-state index is 0.0280. The van der Waals surface area contributed by atoms with Crippen molar-refractivity contribution in [1.82, 2.24) is 5.32 Å². The van der Waals surface area contributed by atoms with Gasteiger partial charge >= 0.3 is 0 Å². The molecule has 0 aliphatic heterocycles. The smallest absolute Gasteiger partial charge is 0.123 e. The van der Waals surface area contributed by atoms with Crippen LogP contribution >= 0.6 is 0 Å². The van der Waals surface area contributed by atoms with Gasteiger partial charge in [0.15, 0.2) is 0 Å². The Morgan fingerprint density at radius 3 is 2.72 bits per heavy atom. The summed E-state index contributed by atoms with van der Waals surface area (Å²) in [5.74, 6) is 0.118. The van der Waals surface area contributed by atoms with E-state index in [-0.39, 0.29) is 18.5 Å². The lowest BCUT2D eigenvalue weighted by molar-refractivity contribution is 0.223. The van der Waals surface area contributed by atoms with Gasteiger partial charge in [-0.3, -0.25) is 0 Å². The van der Waals surface area contributed by atoms with E-state index in [2.05, 4.69) is 19.2 Å². The number of nitrogens with zero attached hydrogens (tertiary/aromatic N) is 1. The van der Waals surface area contributed by atoms with Crippen molar-refractivity contribution in [2.24, 2.45) is 5.92 Å². The summed E-state index contributed by atoms with van der Waals surface area (Å²) < 4.78 is 13.1. The highest BCUT2D eigenvalue weighted by atomic mass is 19.1. The van der Waals surface area contributed by atoms with Crippen LogP contribution in [0, 0.1) is 23.1 Å². The highest BCUT2D eigenvalue weighted by Crippen LogP contribution is 2.11. The number of nitrogens with one attached hydrogen (secondary N) is 1. The number of halogens is 1. The molecule has 0 saturated heterocycles. The van der Waals surface area contributed by atoms with Crippen LogP contribution in [0.5, 0.6) is 0 Å². The zero-order valence-electron chi connectivity index (χ0n) is 10.8. The predicted molar refractivity (Wildman–Crippen MR) is 68.3 cm³/mol. The summed E-state index contributed by atoms with van der Waals surface area (Å²) in [4.78, 5) is 0. The molecular weight excluding hydrogens is 231 g/mol. The van der Waals surface area contributed by atoms with Gasteiger partial charge in [0.2, 0.25) is 0 Å². The van der Waals surface area contributed by atoms with E-state index in [1.165, 1.54) is 18.2 Å². The van der Waals surface area contributed by atoms with Crippen LogP contribution in [0.2, 0.25) is 0 Å². The normalized spacial score (nSPS) is 12.4. The number of aliphatic hydroxyl groups is 1. The fourth-order valence-corrected chi connectivity index (χ4v) is 1.86. The van der Waals surface area contributed by atoms with Gasteiger partial charge in [0, 0.05) is 12.6 Å². The van der Waals surface area contributed by atoms with Gasteiger partial charge in [-0.1, -0.05) is 13.8 Å². The Morgan fingerprint density at radius 2 is 2.17 bits per heavy atom. The van der Waals surface area contributed by atoms with Gasteiger partial charge in [-0.2, -0.15) is 5.26 Å². The molecule has 1 aromatic carbocycles. The summed E-state index contributed by atoms with van der Waals surface area (Å²) in [6, 6.07) is 6.12. The van der Waals surface area contributed by atoms with Crippen LogP contribution in [-0.4, -0.2) is 17.8 Å². The Balaban J connectivity index is 2.67. The molecule has 0 amide bonds. The van der Waals surface area contributed by atoms with Crippen LogP contribution in [0.4, 0.5) is 4.39 Å². The van der Waals surface area contributed by atoms with Crippen molar-refractivity contribution in [3.05, 3.63) is 35.1 Å². The van der Waals surface area contributed by atoms with Crippen LogP contribution in [0.25, 0.3) is 0 Å². The molecule has 0 aliphatic rings. The number of benzene rings is 1. The number of hydrogen-bond donors (Lipinski definition) is 2. The fourth-order valence-electron chi connectivity index (χ4n) is 1.86. The van der Waals surface area contributed by atoms with E-state index in [1.54, 1.807) is 0 Å². The summed E-state index contributed by atoms with van der Waals surface area (Å²) in [7, 11) is 0. The molecule has 1 rings (SSSR count). The first-order valence-electron chi connectivity index (χ1n) is 6.09. The van der Waals surface area contributed by atoms with E-state index in [4.69, 9.17) is 5.26 Å². The second-order valence-corrected chi connectivity index (χ2v) is 4.80. The maximum Gasteiger partial charge on any atom is 0.123 e. The largest absolute Gasteiger partial charge is 0.395 e. The summed E-state index contributed by atoms with van der Waals surface area (Å²) in [6.45, 7) is 4.58. The lowest BCUT2D eigenvalue weighted by atomic mass is 10.0. The Hall–Kier alpha value is -1.44. The molecule has 0 aromatic heterocycles. The van der Waals surface area contributed by atoms with E-state index in [9.17, 15) is 9.50 Å². The van der Waals surface area contributed by atoms with Crippen LogP contribution < -0.4 is 5.32 Å². The second-order valence-electron chi connectivity index (χ2n) is 4.80. The van der Waals surface area contributed by atoms with Gasteiger partial charge in [0.1, 0.15) is 5.82 Å². The minimum atomic E-state index is -0.352. The molecule has 98 valence electrons. The van der Waals surface area contributed by atoms with E-state index in [0.717, 1.165) is 6.42 Å². The predicted octanol–water partition coefficient (Wildman–Crippen LogP) is 2.19. The summed E-state index contributed by atoms with van der Waals surface area (Å²) in [5.41, 5.74) is 1.09. The van der Waals surface area contributed by atoms with Gasteiger partial charge in [0.25, 0.3) is 0 Å². The van der Waals surface area contributed by atoms with Crippen molar-refractivity contribution in [2.45, 2.75) is 32.9 Å². The topological polar surface area (TPSA) is 56.0 Å². The molecule has 0 fully saturated rings. The van der Waals surface area contributed by atoms with Crippen LogP contribution in [0.1, 0.15) is 31.4 Å². The molecule has 0 heterocycles. The molecule has 1 atom stereocenters. The molecule has 0 bridgehead atoms. The Bertz CT molecular complexity index is 426. The van der Waals surface area contributed by atoms with E-state index < -0.39 is 0 Å². The van der Waals surface area contributed by atoms with Crippen molar-refractivity contribution in [2.75, 3.05) is 6.61 Å². The van der Waals surface area contributed by atoms with Crippen LogP contribution in [0.15, 0.2) is 18.2 Å². The standard InChI is InChI=1S/C14H19FN2O/c1-10(2)5-14(9-18)17-8-12-6-13(15)4-3-11(12)7-16/h3-4,6,10,14,17-18H,5,8-9H2,1-2H3. The van der Waals surface area contributed by atoms with Gasteiger partial charge < -0.3 is 10.4 Å². The fraction of sp³-hybridized carbons (Fsp3) is 0.500. The molecule has 1 unspecified atom stereocenters. The van der Waals surface area contributed by atoms with Crippen molar-refractivity contribution < 1.29 is 9.50 Å². The molecule has 0 radical (unpaired) electrons.